The lowest BCUT2D eigenvalue weighted by molar-refractivity contribution is 0.435. The summed E-state index contributed by atoms with van der Waals surface area (Å²) in [6.07, 6.45) is 24.6. The van der Waals surface area contributed by atoms with Gasteiger partial charge in [-0.25, -0.2) is 13.1 Å². The van der Waals surface area contributed by atoms with E-state index in [2.05, 4.69) is 11.6 Å². The molecule has 7 heteroatoms. The third-order valence-corrected chi connectivity index (χ3v) is 10.3. The van der Waals surface area contributed by atoms with Gasteiger partial charge in [-0.1, -0.05) is 130 Å². The van der Waals surface area contributed by atoms with Gasteiger partial charge in [0.25, 0.3) is 0 Å². The summed E-state index contributed by atoms with van der Waals surface area (Å²) in [7, 11) is -3.29. The smallest absolute Gasteiger partial charge is 0.211 e. The molecule has 0 radical (unpaired) electrons. The normalized spacial score (nSPS) is 11.9. The maximum Gasteiger partial charge on any atom is 0.211 e. The van der Waals surface area contributed by atoms with Crippen molar-refractivity contribution in [3.8, 4) is 11.5 Å². The van der Waals surface area contributed by atoms with Crippen LogP contribution < -0.4 is 4.72 Å². The van der Waals surface area contributed by atoms with Gasteiger partial charge >= 0.3 is 0 Å². The molecule has 0 aliphatic heterocycles. The summed E-state index contributed by atoms with van der Waals surface area (Å²) in [5.41, 5.74) is 1.53. The second-order valence-electron chi connectivity index (χ2n) is 11.4. The molecule has 0 unspecified atom stereocenters. The van der Waals surface area contributed by atoms with Crippen molar-refractivity contribution in [3.63, 3.8) is 0 Å². The van der Waals surface area contributed by atoms with Crippen LogP contribution in [0.5, 0.6) is 11.5 Å². The number of aromatic hydroxyl groups is 2. The number of aryl methyl sites for hydroxylation is 1. The van der Waals surface area contributed by atoms with E-state index in [9.17, 15) is 18.6 Å². The molecule has 1 aromatic rings. The quantitative estimate of drug-likeness (QED) is 0.0532. The highest BCUT2D eigenvalue weighted by Gasteiger charge is 2.18. The Balaban J connectivity index is 2.12. The first-order valence-electron chi connectivity index (χ1n) is 16.5. The number of hydrogen-bond donors (Lipinski definition) is 3. The highest BCUT2D eigenvalue weighted by Crippen LogP contribution is 2.41. The van der Waals surface area contributed by atoms with Gasteiger partial charge in [-0.05, 0) is 43.1 Å². The van der Waals surface area contributed by atoms with Crippen molar-refractivity contribution in [1.29, 1.82) is 0 Å². The molecule has 0 aliphatic rings. The minimum absolute atomic E-state index is 0.0867. The van der Waals surface area contributed by atoms with Gasteiger partial charge in [-0.2, -0.15) is 0 Å². The van der Waals surface area contributed by atoms with Crippen LogP contribution in [0.4, 0.5) is 0 Å². The SMILES string of the molecule is CCCCCCCCCCCCCCCCCCNS(=O)(=O)CCCSc1c(O)c(CCC)cc(O)c1CCC. The maximum atomic E-state index is 12.4. The lowest BCUT2D eigenvalue weighted by Gasteiger charge is -2.16. The van der Waals surface area contributed by atoms with E-state index >= 15 is 0 Å². The monoisotopic (exact) mass is 599 g/mol. The number of benzene rings is 1. The van der Waals surface area contributed by atoms with Crippen LogP contribution in [0.15, 0.2) is 11.0 Å². The Morgan fingerprint density at radius 2 is 1.18 bits per heavy atom. The highest BCUT2D eigenvalue weighted by atomic mass is 32.2. The van der Waals surface area contributed by atoms with Gasteiger partial charge in [-0.15, -0.1) is 11.8 Å². The van der Waals surface area contributed by atoms with Crippen LogP contribution in [0.25, 0.3) is 0 Å². The van der Waals surface area contributed by atoms with Crippen molar-refractivity contribution in [2.24, 2.45) is 0 Å². The molecule has 0 spiro atoms. The van der Waals surface area contributed by atoms with E-state index in [1.165, 1.54) is 102 Å². The first-order valence-corrected chi connectivity index (χ1v) is 19.2. The molecule has 0 atom stereocenters. The molecule has 0 amide bonds. The number of nitrogens with one attached hydrogen (secondary N) is 1. The number of rotatable bonds is 27. The summed E-state index contributed by atoms with van der Waals surface area (Å²) >= 11 is 1.46. The molecule has 234 valence electrons. The zero-order chi connectivity index (χ0) is 29.5. The Labute approximate surface area is 251 Å². The standard InChI is InChI=1S/C33H61NO4S2/c1-4-7-8-9-10-11-12-13-14-15-16-17-18-19-20-21-25-34-40(37,38)27-22-26-39-33-30(24-6-3)31(35)28-29(23-5-2)32(33)36/h28,34-36H,4-27H2,1-3H3. The zero-order valence-electron chi connectivity index (χ0n) is 26.1. The van der Waals surface area contributed by atoms with Crippen LogP contribution in [0.3, 0.4) is 0 Å². The fourth-order valence-corrected chi connectivity index (χ4v) is 7.68. The van der Waals surface area contributed by atoms with Crippen LogP contribution in [0, 0.1) is 0 Å². The molecule has 0 saturated heterocycles. The maximum absolute atomic E-state index is 12.4. The number of phenols is 2. The molecule has 3 N–H and O–H groups in total. The zero-order valence-corrected chi connectivity index (χ0v) is 27.7. The van der Waals surface area contributed by atoms with Gasteiger partial charge < -0.3 is 10.2 Å². The van der Waals surface area contributed by atoms with Gasteiger partial charge in [0.2, 0.25) is 10.0 Å². The van der Waals surface area contributed by atoms with Crippen LogP contribution in [0.1, 0.15) is 154 Å². The van der Waals surface area contributed by atoms with E-state index in [1.54, 1.807) is 6.07 Å². The van der Waals surface area contributed by atoms with Crippen molar-refractivity contribution in [2.45, 2.75) is 161 Å². The molecule has 0 heterocycles. The summed E-state index contributed by atoms with van der Waals surface area (Å²) in [6, 6.07) is 1.68. The van der Waals surface area contributed by atoms with E-state index in [0.29, 0.717) is 36.5 Å². The second-order valence-corrected chi connectivity index (χ2v) is 14.5. The molecule has 0 aliphatic carbocycles. The number of sulfonamides is 1. The van der Waals surface area contributed by atoms with Gasteiger partial charge in [0, 0.05) is 12.1 Å². The summed E-state index contributed by atoms with van der Waals surface area (Å²) < 4.78 is 27.6. The van der Waals surface area contributed by atoms with Gasteiger partial charge in [0.15, 0.2) is 0 Å². The van der Waals surface area contributed by atoms with E-state index in [0.717, 1.165) is 36.8 Å². The lowest BCUT2D eigenvalue weighted by Crippen LogP contribution is -2.27. The third kappa shape index (κ3) is 17.1. The van der Waals surface area contributed by atoms with Gasteiger partial charge in [-0.3, -0.25) is 0 Å². The minimum Gasteiger partial charge on any atom is -0.508 e. The molecule has 0 fully saturated rings. The number of thioether (sulfide) groups is 1. The number of hydrogen-bond acceptors (Lipinski definition) is 5. The summed E-state index contributed by atoms with van der Waals surface area (Å²) in [4.78, 5) is 0.712. The number of unbranched alkanes of at least 4 members (excludes halogenated alkanes) is 15. The molecule has 40 heavy (non-hydrogen) atoms. The van der Waals surface area contributed by atoms with Gasteiger partial charge in [0.1, 0.15) is 11.5 Å². The Hall–Kier alpha value is -0.920. The fourth-order valence-electron chi connectivity index (χ4n) is 5.23. The summed E-state index contributed by atoms with van der Waals surface area (Å²) in [5.74, 6) is 1.15. The largest absolute Gasteiger partial charge is 0.508 e. The molecule has 1 rings (SSSR count). The van der Waals surface area contributed by atoms with E-state index in [4.69, 9.17) is 0 Å². The van der Waals surface area contributed by atoms with Crippen LogP contribution in [0.2, 0.25) is 0 Å². The van der Waals surface area contributed by atoms with Crippen LogP contribution >= 0.6 is 11.8 Å². The Morgan fingerprint density at radius 1 is 0.675 bits per heavy atom. The Bertz CT molecular complexity index is 874. The average Bonchev–Trinajstić information content (AvgIpc) is 2.92. The molecule has 0 saturated carbocycles. The molecule has 0 bridgehead atoms. The molecular weight excluding hydrogens is 539 g/mol. The fraction of sp³-hybridized carbons (Fsp3) is 0.818. The average molecular weight is 600 g/mol. The van der Waals surface area contributed by atoms with E-state index < -0.39 is 10.0 Å². The highest BCUT2D eigenvalue weighted by molar-refractivity contribution is 7.99. The van der Waals surface area contributed by atoms with Crippen molar-refractivity contribution in [3.05, 3.63) is 17.2 Å². The number of phenolic OH excluding ortho intramolecular Hbond substituents is 2. The molecule has 0 aromatic heterocycles. The molecule has 1 aromatic carbocycles. The van der Waals surface area contributed by atoms with Crippen molar-refractivity contribution < 1.29 is 18.6 Å². The predicted molar refractivity (Wildman–Crippen MR) is 174 cm³/mol. The van der Waals surface area contributed by atoms with Crippen molar-refractivity contribution in [2.75, 3.05) is 18.1 Å². The Morgan fingerprint density at radius 3 is 1.68 bits per heavy atom. The van der Waals surface area contributed by atoms with Crippen LogP contribution in [-0.2, 0) is 22.9 Å². The van der Waals surface area contributed by atoms with Crippen molar-refractivity contribution in [1.82, 2.24) is 4.72 Å². The first kappa shape index (κ1) is 37.1. The van der Waals surface area contributed by atoms with Crippen molar-refractivity contribution >= 4 is 21.8 Å². The summed E-state index contributed by atoms with van der Waals surface area (Å²) in [5, 5.41) is 21.2. The lowest BCUT2D eigenvalue weighted by atomic mass is 10.0. The summed E-state index contributed by atoms with van der Waals surface area (Å²) in [6.45, 7) is 6.87. The third-order valence-electron chi connectivity index (χ3n) is 7.59. The minimum atomic E-state index is -3.29. The van der Waals surface area contributed by atoms with E-state index in [-0.39, 0.29) is 17.3 Å². The van der Waals surface area contributed by atoms with Crippen LogP contribution in [-0.4, -0.2) is 36.7 Å². The Kier molecular flexibility index (Phi) is 21.9. The first-order chi connectivity index (χ1) is 19.4. The second kappa shape index (κ2) is 23.6. The van der Waals surface area contributed by atoms with Gasteiger partial charge in [0.05, 0.1) is 10.6 Å². The topological polar surface area (TPSA) is 86.6 Å². The molecule has 5 nitrogen and oxygen atoms in total. The predicted octanol–water partition coefficient (Wildman–Crippen LogP) is 9.67. The molecular formula is C33H61NO4S2. The van der Waals surface area contributed by atoms with E-state index in [1.807, 2.05) is 13.8 Å².